The Hall–Kier alpha value is -2.73. The fraction of sp³-hybridized carbons (Fsp3) is 0.211. The lowest BCUT2D eigenvalue weighted by Gasteiger charge is -2.35. The molecule has 5 rings (SSSR count). The lowest BCUT2D eigenvalue weighted by atomic mass is 10.3. The Morgan fingerprint density at radius 3 is 2.55 bits per heavy atom. The average molecular weight is 477 g/mol. The van der Waals surface area contributed by atoms with Crippen molar-refractivity contribution in [2.75, 3.05) is 31.1 Å². The number of nitrogens with zero attached hydrogens (tertiary/aromatic N) is 5. The van der Waals surface area contributed by atoms with Crippen LogP contribution in [0.4, 0.5) is 5.69 Å². The Morgan fingerprint density at radius 1 is 1.06 bits per heavy atom. The van der Waals surface area contributed by atoms with Crippen LogP contribution < -0.4 is 10.5 Å². The van der Waals surface area contributed by atoms with Crippen LogP contribution in [0, 0.1) is 0 Å². The van der Waals surface area contributed by atoms with E-state index in [2.05, 4.69) is 15.1 Å². The topological polar surface area (TPSA) is 104 Å². The summed E-state index contributed by atoms with van der Waals surface area (Å²) in [5.41, 5.74) is 1.49. The second kappa shape index (κ2) is 7.75. The molecule has 0 amide bonds. The van der Waals surface area contributed by atoms with Gasteiger partial charge in [-0.3, -0.25) is 4.79 Å². The van der Waals surface area contributed by atoms with Crippen molar-refractivity contribution in [2.45, 2.75) is 4.21 Å². The van der Waals surface area contributed by atoms with Gasteiger partial charge in [0.25, 0.3) is 15.6 Å². The molecule has 0 bridgehead atoms. The molecule has 1 aliphatic heterocycles. The number of nitrogens with one attached hydrogen (secondary N) is 1. The summed E-state index contributed by atoms with van der Waals surface area (Å²) < 4.78 is 28.3. The number of rotatable bonds is 4. The molecule has 31 heavy (non-hydrogen) atoms. The summed E-state index contributed by atoms with van der Waals surface area (Å²) >= 11 is 7.60. The summed E-state index contributed by atoms with van der Waals surface area (Å²) in [5.74, 6) is 0.284. The smallest absolute Gasteiger partial charge is 0.295 e. The zero-order valence-corrected chi connectivity index (χ0v) is 18.5. The number of aromatic amines is 1. The Labute approximate surface area is 186 Å². The number of piperazine rings is 1. The van der Waals surface area contributed by atoms with Gasteiger partial charge in [0.1, 0.15) is 9.23 Å². The van der Waals surface area contributed by atoms with E-state index < -0.39 is 15.6 Å². The van der Waals surface area contributed by atoms with Crippen LogP contribution in [0.1, 0.15) is 0 Å². The van der Waals surface area contributed by atoms with E-state index in [-0.39, 0.29) is 11.0 Å². The van der Waals surface area contributed by atoms with Crippen molar-refractivity contribution in [3.63, 3.8) is 0 Å². The van der Waals surface area contributed by atoms with E-state index in [0.29, 0.717) is 36.1 Å². The minimum atomic E-state index is -3.50. The highest BCUT2D eigenvalue weighted by molar-refractivity contribution is 7.91. The highest BCUT2D eigenvalue weighted by atomic mass is 35.5. The van der Waals surface area contributed by atoms with Gasteiger partial charge in [0, 0.05) is 26.2 Å². The highest BCUT2D eigenvalue weighted by Crippen LogP contribution is 2.26. The molecule has 0 saturated carbocycles. The van der Waals surface area contributed by atoms with Crippen molar-refractivity contribution in [2.24, 2.45) is 0 Å². The Bertz CT molecular complexity index is 1370. The van der Waals surface area contributed by atoms with Crippen molar-refractivity contribution in [1.82, 2.24) is 24.1 Å². The van der Waals surface area contributed by atoms with E-state index in [4.69, 9.17) is 11.6 Å². The molecule has 1 saturated heterocycles. The number of hydrogen-bond donors (Lipinski definition) is 1. The highest BCUT2D eigenvalue weighted by Gasteiger charge is 2.30. The van der Waals surface area contributed by atoms with Gasteiger partial charge in [-0.1, -0.05) is 29.8 Å². The molecule has 0 radical (unpaired) electrons. The van der Waals surface area contributed by atoms with E-state index >= 15 is 0 Å². The van der Waals surface area contributed by atoms with E-state index in [0.717, 1.165) is 15.7 Å². The zero-order valence-electron chi connectivity index (χ0n) is 16.1. The van der Waals surface area contributed by atoms with Gasteiger partial charge in [-0.15, -0.1) is 11.3 Å². The molecule has 9 nitrogen and oxygen atoms in total. The molecule has 1 aromatic carbocycles. The van der Waals surface area contributed by atoms with Crippen LogP contribution in [-0.2, 0) is 10.0 Å². The van der Waals surface area contributed by atoms with Crippen LogP contribution in [0.3, 0.4) is 0 Å². The van der Waals surface area contributed by atoms with E-state index in [1.54, 1.807) is 17.5 Å². The van der Waals surface area contributed by atoms with Crippen molar-refractivity contribution in [1.29, 1.82) is 0 Å². The second-order valence-electron chi connectivity index (χ2n) is 6.96. The van der Waals surface area contributed by atoms with Gasteiger partial charge in [0.15, 0.2) is 0 Å². The predicted molar refractivity (Wildman–Crippen MR) is 120 cm³/mol. The first-order chi connectivity index (χ1) is 14.9. The molecule has 1 N–H and O–H groups in total. The van der Waals surface area contributed by atoms with Crippen molar-refractivity contribution in [3.8, 4) is 5.95 Å². The van der Waals surface area contributed by atoms with Crippen molar-refractivity contribution >= 4 is 49.7 Å². The van der Waals surface area contributed by atoms with Crippen LogP contribution in [-0.4, -0.2) is 58.7 Å². The fourth-order valence-corrected chi connectivity index (χ4v) is 6.36. The molecule has 1 aliphatic rings. The third-order valence-corrected chi connectivity index (χ3v) is 8.77. The Morgan fingerprint density at radius 2 is 1.84 bits per heavy atom. The quantitative estimate of drug-likeness (QED) is 0.484. The standard InChI is InChI=1S/C19H17ClN6O3S2/c20-17-15(24-7-9-25(10-8-24)31(28,29)16-6-3-11-30-16)12-21-26(18(17)27)19-22-13-4-1-2-5-14(13)23-19/h1-6,11-12H,7-10H2,(H,22,23). The summed E-state index contributed by atoms with van der Waals surface area (Å²) in [6.45, 7) is 1.40. The van der Waals surface area contributed by atoms with Crippen LogP contribution >= 0.6 is 22.9 Å². The second-order valence-corrected chi connectivity index (χ2v) is 10.5. The number of imidazole rings is 1. The summed E-state index contributed by atoms with van der Waals surface area (Å²) in [4.78, 5) is 22.2. The summed E-state index contributed by atoms with van der Waals surface area (Å²) in [7, 11) is -3.50. The number of H-pyrrole nitrogens is 1. The molecule has 160 valence electrons. The number of sulfonamides is 1. The SMILES string of the molecule is O=c1c(Cl)c(N2CCN(S(=O)(=O)c3cccs3)CC2)cnn1-c1nc2ccccc2[nH]1. The van der Waals surface area contributed by atoms with Crippen molar-refractivity contribution in [3.05, 3.63) is 63.4 Å². The van der Waals surface area contributed by atoms with E-state index in [9.17, 15) is 13.2 Å². The summed E-state index contributed by atoms with van der Waals surface area (Å²) in [6, 6.07) is 10.7. The monoisotopic (exact) mass is 476 g/mol. The molecule has 1 fully saturated rings. The maximum Gasteiger partial charge on any atom is 0.295 e. The summed E-state index contributed by atoms with van der Waals surface area (Å²) in [6.07, 6.45) is 1.51. The number of thiophene rings is 1. The lowest BCUT2D eigenvalue weighted by molar-refractivity contribution is 0.385. The summed E-state index contributed by atoms with van der Waals surface area (Å²) in [5, 5.41) is 6.00. The number of fused-ring (bicyclic) bond motifs is 1. The van der Waals surface area contributed by atoms with Gasteiger partial charge in [-0.05, 0) is 23.6 Å². The Balaban J connectivity index is 1.38. The third-order valence-electron chi connectivity index (χ3n) is 5.15. The number of benzene rings is 1. The van der Waals surface area contributed by atoms with E-state index in [1.165, 1.54) is 21.8 Å². The first kappa shape index (κ1) is 20.2. The molecule has 0 aliphatic carbocycles. The minimum absolute atomic E-state index is 0.0185. The van der Waals surface area contributed by atoms with Crippen LogP contribution in [0.5, 0.6) is 0 Å². The molecule has 4 heterocycles. The van der Waals surface area contributed by atoms with Crippen molar-refractivity contribution < 1.29 is 8.42 Å². The molecule has 4 aromatic rings. The number of aromatic nitrogens is 4. The molecule has 0 spiro atoms. The normalized spacial score (nSPS) is 15.6. The first-order valence-corrected chi connectivity index (χ1v) is 12.2. The van der Waals surface area contributed by atoms with Gasteiger partial charge in [-0.25, -0.2) is 13.4 Å². The first-order valence-electron chi connectivity index (χ1n) is 9.47. The maximum atomic E-state index is 12.9. The fourth-order valence-electron chi connectivity index (χ4n) is 3.54. The predicted octanol–water partition coefficient (Wildman–Crippen LogP) is 2.33. The van der Waals surface area contributed by atoms with Gasteiger partial charge < -0.3 is 9.88 Å². The third kappa shape index (κ3) is 3.53. The number of anilines is 1. The molecular weight excluding hydrogens is 460 g/mol. The molecule has 0 atom stereocenters. The lowest BCUT2D eigenvalue weighted by Crippen LogP contribution is -2.49. The molecule has 0 unspecified atom stereocenters. The van der Waals surface area contributed by atoms with Crippen LogP contribution in [0.25, 0.3) is 17.0 Å². The number of halogens is 1. The van der Waals surface area contributed by atoms with Gasteiger partial charge in [0.2, 0.25) is 5.95 Å². The molecular formula is C19H17ClN6O3S2. The zero-order chi connectivity index (χ0) is 21.6. The van der Waals surface area contributed by atoms with Crippen LogP contribution in [0.2, 0.25) is 5.02 Å². The van der Waals surface area contributed by atoms with Gasteiger partial charge >= 0.3 is 0 Å². The number of hydrogen-bond acceptors (Lipinski definition) is 7. The molecule has 12 heteroatoms. The van der Waals surface area contributed by atoms with E-state index in [1.807, 2.05) is 29.2 Å². The van der Waals surface area contributed by atoms with Crippen LogP contribution in [0.15, 0.2) is 57.0 Å². The maximum absolute atomic E-state index is 12.9. The largest absolute Gasteiger partial charge is 0.366 e. The Kier molecular flexibility index (Phi) is 5.05. The minimum Gasteiger partial charge on any atom is -0.366 e. The number of para-hydroxylation sites is 2. The average Bonchev–Trinajstić information content (AvgIpc) is 3.46. The van der Waals surface area contributed by atoms with Gasteiger partial charge in [0.05, 0.1) is 22.9 Å². The molecule has 3 aromatic heterocycles. The van der Waals surface area contributed by atoms with Gasteiger partial charge in [-0.2, -0.15) is 14.1 Å².